The lowest BCUT2D eigenvalue weighted by Crippen LogP contribution is -2.45. The molecule has 0 saturated heterocycles. The fourth-order valence-corrected chi connectivity index (χ4v) is 8.96. The van der Waals surface area contributed by atoms with E-state index in [9.17, 15) is 19.4 Å². The van der Waals surface area contributed by atoms with Crippen molar-refractivity contribution in [2.75, 3.05) is 40.9 Å². The Morgan fingerprint density at radius 3 is 1.21 bits per heavy atom. The third-order valence-corrected chi connectivity index (χ3v) is 13.7. The number of quaternary nitrogens is 1. The number of aliphatic hydroxyl groups excluding tert-OH is 1. The van der Waals surface area contributed by atoms with Gasteiger partial charge in [0.15, 0.2) is 0 Å². The molecule has 0 spiro atoms. The molecule has 0 saturated carbocycles. The van der Waals surface area contributed by atoms with Crippen LogP contribution in [0.3, 0.4) is 0 Å². The van der Waals surface area contributed by atoms with Crippen molar-refractivity contribution in [3.8, 4) is 0 Å². The van der Waals surface area contributed by atoms with Gasteiger partial charge in [0.05, 0.1) is 39.9 Å². The highest BCUT2D eigenvalue weighted by Gasteiger charge is 2.23. The van der Waals surface area contributed by atoms with Gasteiger partial charge in [0.1, 0.15) is 13.2 Å². The highest BCUT2D eigenvalue weighted by atomic mass is 31.2. The molecular formula is C58H111N2O6P. The maximum Gasteiger partial charge on any atom is 0.268 e. The maximum atomic E-state index is 13.0. The fraction of sp³-hybridized carbons (Fsp3) is 0.845. The van der Waals surface area contributed by atoms with Crippen LogP contribution < -0.4 is 10.2 Å². The number of phosphoric ester groups is 1. The quantitative estimate of drug-likeness (QED) is 0.0272. The molecule has 0 bridgehead atoms. The summed E-state index contributed by atoms with van der Waals surface area (Å²) in [6.45, 7) is 4.64. The number of carbonyl (C=O) groups is 1. The Kier molecular flexibility index (Phi) is 48.3. The first-order valence-corrected chi connectivity index (χ1v) is 30.0. The van der Waals surface area contributed by atoms with Gasteiger partial charge in [-0.05, 0) is 70.6 Å². The van der Waals surface area contributed by atoms with Gasteiger partial charge in [-0.25, -0.2) is 0 Å². The highest BCUT2D eigenvalue weighted by molar-refractivity contribution is 7.45. The van der Waals surface area contributed by atoms with Crippen molar-refractivity contribution in [2.45, 2.75) is 276 Å². The van der Waals surface area contributed by atoms with Crippen LogP contribution in [0.2, 0.25) is 0 Å². The molecule has 9 heteroatoms. The zero-order valence-electron chi connectivity index (χ0n) is 44.9. The van der Waals surface area contributed by atoms with Crippen LogP contribution in [-0.2, 0) is 18.4 Å². The Morgan fingerprint density at radius 1 is 0.507 bits per heavy atom. The van der Waals surface area contributed by atoms with E-state index in [0.717, 1.165) is 44.9 Å². The minimum absolute atomic E-state index is 0.00905. The molecule has 0 aliphatic heterocycles. The second-order valence-corrected chi connectivity index (χ2v) is 22.0. The van der Waals surface area contributed by atoms with Gasteiger partial charge in [0.2, 0.25) is 5.91 Å². The van der Waals surface area contributed by atoms with Crippen LogP contribution in [0.1, 0.15) is 264 Å². The normalized spacial score (nSPS) is 14.3. The molecule has 0 heterocycles. The van der Waals surface area contributed by atoms with Crippen LogP contribution in [0.25, 0.3) is 0 Å². The van der Waals surface area contributed by atoms with Crippen LogP contribution in [0.15, 0.2) is 48.6 Å². The number of likely N-dealkylation sites (N-methyl/N-ethyl adjacent to an activating group) is 1. The van der Waals surface area contributed by atoms with E-state index >= 15 is 0 Å². The monoisotopic (exact) mass is 963 g/mol. The van der Waals surface area contributed by atoms with Gasteiger partial charge in [-0.3, -0.25) is 9.36 Å². The smallest absolute Gasteiger partial charge is 0.268 e. The van der Waals surface area contributed by atoms with Crippen molar-refractivity contribution in [3.63, 3.8) is 0 Å². The molecule has 0 aromatic carbocycles. The standard InChI is InChI=1S/C58H111N2O6P/c1-6-8-10-12-14-16-18-20-22-24-26-28-29-30-31-32-34-36-38-40-42-44-46-48-50-52-58(62)59-56(55-66-67(63,64)65-54-53-60(3,4)5)57(61)51-49-47-45-43-41-39-37-35-33-27-25-23-21-19-17-15-13-11-9-7-2/h24,26,33,35,41,43,49,51,56-57,61H,6-23,25,27-32,34,36-40,42,44-48,50,52-55H2,1-5H3,(H-,59,62,63,64)/b26-24-,35-33+,43-41+,51-49+. The molecule has 3 unspecified atom stereocenters. The zero-order valence-corrected chi connectivity index (χ0v) is 45.7. The summed E-state index contributed by atoms with van der Waals surface area (Å²) in [5.74, 6) is -0.209. The van der Waals surface area contributed by atoms with E-state index in [1.807, 2.05) is 27.2 Å². The summed E-state index contributed by atoms with van der Waals surface area (Å²) in [4.78, 5) is 25.5. The molecule has 0 aliphatic carbocycles. The molecule has 0 aliphatic rings. The summed E-state index contributed by atoms with van der Waals surface area (Å²) in [5.41, 5.74) is 0. The average Bonchev–Trinajstić information content (AvgIpc) is 3.29. The molecular weight excluding hydrogens is 852 g/mol. The minimum Gasteiger partial charge on any atom is -0.756 e. The summed E-state index contributed by atoms with van der Waals surface area (Å²) < 4.78 is 23.3. The Bertz CT molecular complexity index is 1230. The predicted molar refractivity (Wildman–Crippen MR) is 288 cm³/mol. The number of rotatable bonds is 52. The Morgan fingerprint density at radius 2 is 0.836 bits per heavy atom. The largest absolute Gasteiger partial charge is 0.756 e. The van der Waals surface area contributed by atoms with Crippen molar-refractivity contribution in [3.05, 3.63) is 48.6 Å². The number of hydrogen-bond acceptors (Lipinski definition) is 6. The summed E-state index contributed by atoms with van der Waals surface area (Å²) in [6, 6.07) is -0.910. The summed E-state index contributed by atoms with van der Waals surface area (Å²) in [7, 11) is 1.24. The number of hydrogen-bond donors (Lipinski definition) is 2. The summed E-state index contributed by atoms with van der Waals surface area (Å²) in [5, 5.41) is 13.9. The van der Waals surface area contributed by atoms with E-state index in [1.54, 1.807) is 6.08 Å². The first-order chi connectivity index (χ1) is 32.5. The van der Waals surface area contributed by atoms with E-state index in [1.165, 1.54) is 199 Å². The molecule has 0 rings (SSSR count). The second-order valence-electron chi connectivity index (χ2n) is 20.6. The van der Waals surface area contributed by atoms with Crippen molar-refractivity contribution in [1.82, 2.24) is 5.32 Å². The van der Waals surface area contributed by atoms with E-state index in [2.05, 4.69) is 55.6 Å². The number of nitrogens with one attached hydrogen (secondary N) is 1. The van der Waals surface area contributed by atoms with E-state index in [0.29, 0.717) is 17.4 Å². The Labute approximate surface area is 416 Å². The molecule has 8 nitrogen and oxygen atoms in total. The van der Waals surface area contributed by atoms with Gasteiger partial charge >= 0.3 is 0 Å². The third-order valence-electron chi connectivity index (χ3n) is 12.7. The topological polar surface area (TPSA) is 108 Å². The van der Waals surface area contributed by atoms with Gasteiger partial charge in [-0.15, -0.1) is 0 Å². The lowest BCUT2D eigenvalue weighted by Gasteiger charge is -2.29. The number of carbonyl (C=O) groups excluding carboxylic acids is 1. The van der Waals surface area contributed by atoms with Crippen molar-refractivity contribution in [1.29, 1.82) is 0 Å². The minimum atomic E-state index is -4.61. The van der Waals surface area contributed by atoms with Crippen LogP contribution >= 0.6 is 7.82 Å². The van der Waals surface area contributed by atoms with E-state index in [-0.39, 0.29) is 12.5 Å². The average molecular weight is 964 g/mol. The van der Waals surface area contributed by atoms with Gasteiger partial charge in [-0.1, -0.05) is 236 Å². The molecule has 0 aromatic heterocycles. The molecule has 394 valence electrons. The molecule has 0 aromatic rings. The van der Waals surface area contributed by atoms with Crippen molar-refractivity contribution in [2.24, 2.45) is 0 Å². The van der Waals surface area contributed by atoms with Crippen molar-refractivity contribution >= 4 is 13.7 Å². The number of amides is 1. The third kappa shape index (κ3) is 52.1. The van der Waals surface area contributed by atoms with Crippen LogP contribution in [0.5, 0.6) is 0 Å². The molecule has 67 heavy (non-hydrogen) atoms. The summed E-state index contributed by atoms with van der Waals surface area (Å²) in [6.07, 6.45) is 64.7. The predicted octanol–water partition coefficient (Wildman–Crippen LogP) is 16.5. The number of nitrogens with zero attached hydrogens (tertiary/aromatic N) is 1. The number of aliphatic hydroxyl groups is 1. The Hall–Kier alpha value is -1.54. The first-order valence-electron chi connectivity index (χ1n) is 28.5. The highest BCUT2D eigenvalue weighted by Crippen LogP contribution is 2.38. The number of phosphoric acid groups is 1. The second kappa shape index (κ2) is 49.4. The molecule has 0 radical (unpaired) electrons. The van der Waals surface area contributed by atoms with Gasteiger partial charge in [0.25, 0.3) is 7.82 Å². The number of allylic oxidation sites excluding steroid dienone is 7. The molecule has 3 atom stereocenters. The van der Waals surface area contributed by atoms with Crippen molar-refractivity contribution < 1.29 is 32.9 Å². The van der Waals surface area contributed by atoms with Gasteiger partial charge in [-0.2, -0.15) is 0 Å². The fourth-order valence-electron chi connectivity index (χ4n) is 8.24. The molecule has 0 fully saturated rings. The number of unbranched alkanes of at least 4 members (excludes halogenated alkanes) is 33. The molecule has 2 N–H and O–H groups in total. The van der Waals surface area contributed by atoms with Crippen LogP contribution in [-0.4, -0.2) is 68.5 Å². The van der Waals surface area contributed by atoms with Crippen LogP contribution in [0, 0.1) is 0 Å². The lowest BCUT2D eigenvalue weighted by atomic mass is 10.0. The van der Waals surface area contributed by atoms with Crippen LogP contribution in [0.4, 0.5) is 0 Å². The van der Waals surface area contributed by atoms with E-state index in [4.69, 9.17) is 9.05 Å². The maximum absolute atomic E-state index is 13.0. The van der Waals surface area contributed by atoms with E-state index < -0.39 is 26.6 Å². The Balaban J connectivity index is 4.26. The SMILES string of the molecule is CCCCCCCCCC/C=C\CCCCCCCCCCCCCCCC(=O)NC(COP(=O)([O-])OCC[N+](C)(C)C)C(O)/C=C/CC/C=C/CC/C=C/CCCCCCCCCCCC. The van der Waals surface area contributed by atoms with Gasteiger partial charge < -0.3 is 28.8 Å². The van der Waals surface area contributed by atoms with Gasteiger partial charge in [0, 0.05) is 6.42 Å². The zero-order chi connectivity index (χ0) is 49.2. The first kappa shape index (κ1) is 65.5. The molecule has 1 amide bonds. The lowest BCUT2D eigenvalue weighted by molar-refractivity contribution is -0.870. The summed E-state index contributed by atoms with van der Waals surface area (Å²) >= 11 is 0.